The molecule has 3 heterocycles. The molecule has 1 aliphatic carbocycles. The highest BCUT2D eigenvalue weighted by Gasteiger charge is 2.34. The van der Waals surface area contributed by atoms with Gasteiger partial charge in [0.25, 0.3) is 0 Å². The van der Waals surface area contributed by atoms with Gasteiger partial charge in [0.2, 0.25) is 0 Å². The zero-order valence-corrected chi connectivity index (χ0v) is 40.6. The van der Waals surface area contributed by atoms with Crippen LogP contribution < -0.4 is 0 Å². The summed E-state index contributed by atoms with van der Waals surface area (Å²) in [5, 5.41) is 10.7. The Morgan fingerprint density at radius 3 is 1.67 bits per heavy atom. The minimum Gasteiger partial charge on any atom is -0.309 e. The lowest BCUT2D eigenvalue weighted by Gasteiger charge is -2.18. The minimum absolute atomic E-state index is 0.409. The van der Waals surface area contributed by atoms with Crippen molar-refractivity contribution in [3.05, 3.63) is 228 Å². The van der Waals surface area contributed by atoms with Crippen LogP contribution in [0.2, 0.25) is 0 Å². The Balaban J connectivity index is 0.973. The lowest BCUT2D eigenvalue weighted by atomic mass is 9.86. The Hall–Kier alpha value is -7.43. The van der Waals surface area contributed by atoms with Crippen LogP contribution >= 0.6 is 23.1 Å². The first-order chi connectivity index (χ1) is 33.8. The Bertz CT molecular complexity index is 4140. The zero-order valence-electron chi connectivity index (χ0n) is 39.0. The van der Waals surface area contributed by atoms with E-state index in [4.69, 9.17) is 0 Å². The Kier molecular flexibility index (Phi) is 9.15. The molecular formula is C66H47NS2. The molecule has 0 saturated heterocycles. The molecule has 1 nitrogen and oxygen atoms in total. The molecule has 0 amide bonds. The maximum Gasteiger partial charge on any atom is 0.0541 e. The van der Waals surface area contributed by atoms with Crippen molar-refractivity contribution in [2.45, 2.75) is 43.8 Å². The highest BCUT2D eigenvalue weighted by atomic mass is 32.2. The summed E-state index contributed by atoms with van der Waals surface area (Å²) >= 11 is 3.95. The topological polar surface area (TPSA) is 4.93 Å². The van der Waals surface area contributed by atoms with E-state index in [1.807, 2.05) is 23.1 Å². The van der Waals surface area contributed by atoms with E-state index in [1.54, 1.807) is 0 Å². The van der Waals surface area contributed by atoms with E-state index in [9.17, 15) is 0 Å². The van der Waals surface area contributed by atoms with Crippen molar-refractivity contribution in [2.75, 3.05) is 0 Å². The molecule has 0 radical (unpaired) electrons. The summed E-state index contributed by atoms with van der Waals surface area (Å²) < 4.78 is 5.18. The van der Waals surface area contributed by atoms with E-state index < -0.39 is 0 Å². The summed E-state index contributed by atoms with van der Waals surface area (Å²) in [6.07, 6.45) is 7.19. The molecule has 2 atom stereocenters. The first kappa shape index (κ1) is 40.6. The number of thiophene rings is 1. The van der Waals surface area contributed by atoms with Gasteiger partial charge in [-0.25, -0.2) is 0 Å². The smallest absolute Gasteiger partial charge is 0.0541 e. The number of hydrogen-bond donors (Lipinski definition) is 0. The molecule has 69 heavy (non-hydrogen) atoms. The lowest BCUT2D eigenvalue weighted by molar-refractivity contribution is 0.868. The van der Waals surface area contributed by atoms with Crippen LogP contribution in [0.15, 0.2) is 211 Å². The first-order valence-electron chi connectivity index (χ1n) is 24.1. The highest BCUT2D eigenvalue weighted by molar-refractivity contribution is 8.00. The number of aromatic nitrogens is 1. The normalized spacial score (nSPS) is 15.5. The maximum absolute atomic E-state index is 2.49. The fourth-order valence-corrected chi connectivity index (χ4v) is 14.5. The zero-order chi connectivity index (χ0) is 46.1. The number of rotatable bonds is 5. The van der Waals surface area contributed by atoms with Crippen LogP contribution in [0.25, 0.3) is 114 Å². The van der Waals surface area contributed by atoms with E-state index >= 15 is 0 Å². The average Bonchev–Trinajstić information content (AvgIpc) is 4.04. The van der Waals surface area contributed by atoms with Gasteiger partial charge in [-0.3, -0.25) is 0 Å². The Morgan fingerprint density at radius 1 is 0.435 bits per heavy atom. The third kappa shape index (κ3) is 6.37. The molecule has 14 rings (SSSR count). The summed E-state index contributed by atoms with van der Waals surface area (Å²) in [5.74, 6) is 0.409. The molecule has 0 fully saturated rings. The van der Waals surface area contributed by atoms with Crippen molar-refractivity contribution in [1.82, 2.24) is 4.57 Å². The largest absolute Gasteiger partial charge is 0.309 e. The second kappa shape index (κ2) is 15.5. The molecule has 3 heteroatoms. The van der Waals surface area contributed by atoms with Crippen LogP contribution in [0.1, 0.15) is 35.1 Å². The van der Waals surface area contributed by atoms with Crippen LogP contribution in [0.5, 0.6) is 0 Å². The van der Waals surface area contributed by atoms with Crippen molar-refractivity contribution < 1.29 is 0 Å². The van der Waals surface area contributed by atoms with Crippen molar-refractivity contribution in [2.24, 2.45) is 0 Å². The molecule has 1 aliphatic heterocycles. The molecule has 0 spiro atoms. The van der Waals surface area contributed by atoms with E-state index in [0.29, 0.717) is 11.2 Å². The number of benzene rings is 10. The minimum atomic E-state index is 0.409. The van der Waals surface area contributed by atoms with E-state index in [2.05, 4.69) is 232 Å². The van der Waals surface area contributed by atoms with Gasteiger partial charge in [0.15, 0.2) is 0 Å². The van der Waals surface area contributed by atoms with Crippen molar-refractivity contribution in [3.8, 4) is 50.2 Å². The molecule has 10 aromatic carbocycles. The summed E-state index contributed by atoms with van der Waals surface area (Å²) in [5.41, 5.74) is 20.5. The van der Waals surface area contributed by atoms with Gasteiger partial charge in [-0.05, 0) is 166 Å². The standard InChI is InChI=1S/C66H47NS2/c1-38-18-28-61-55(30-38)57-34-40(3)32-51(65(57)68-61)44-22-26-59-53(36-44)54-37-45(52-33-41(4)35-58-56-31-39(2)19-29-62(56)69-66(52)58)23-27-60(54)67(59)46-24-20-43(21-25-46)64-49-16-10-8-14-47(49)63(42-12-6-5-7-13-42)48-15-9-11-17-50(48)64/h5-37,55,61H,1-4H3. The van der Waals surface area contributed by atoms with Crippen molar-refractivity contribution in [3.63, 3.8) is 0 Å². The molecule has 12 aromatic rings. The fraction of sp³-hybridized carbons (Fsp3) is 0.0909. The Labute approximate surface area is 410 Å². The summed E-state index contributed by atoms with van der Waals surface area (Å²) in [6.45, 7) is 8.93. The molecule has 2 aromatic heterocycles. The summed E-state index contributed by atoms with van der Waals surface area (Å²) in [7, 11) is 0. The number of fused-ring (bicyclic) bond motifs is 11. The van der Waals surface area contributed by atoms with Gasteiger partial charge < -0.3 is 4.57 Å². The van der Waals surface area contributed by atoms with Gasteiger partial charge in [0.05, 0.1) is 11.0 Å². The van der Waals surface area contributed by atoms with Gasteiger partial charge >= 0.3 is 0 Å². The van der Waals surface area contributed by atoms with Crippen LogP contribution in [0, 0.1) is 20.8 Å². The summed E-state index contributed by atoms with van der Waals surface area (Å²) in [6, 6.07) is 69.1. The van der Waals surface area contributed by atoms with Gasteiger partial charge in [0, 0.05) is 52.7 Å². The van der Waals surface area contributed by atoms with Crippen LogP contribution in [-0.4, -0.2) is 9.82 Å². The second-order valence-electron chi connectivity index (χ2n) is 19.5. The molecule has 2 aliphatic rings. The number of allylic oxidation sites excluding steroid dienone is 3. The van der Waals surface area contributed by atoms with Gasteiger partial charge in [-0.2, -0.15) is 0 Å². The number of thioether (sulfide) groups is 1. The highest BCUT2D eigenvalue weighted by Crippen LogP contribution is 2.53. The van der Waals surface area contributed by atoms with Crippen LogP contribution in [0.3, 0.4) is 0 Å². The van der Waals surface area contributed by atoms with Gasteiger partial charge in [-0.15, -0.1) is 23.1 Å². The summed E-state index contributed by atoms with van der Waals surface area (Å²) in [4.78, 5) is 1.42. The number of hydrogen-bond acceptors (Lipinski definition) is 2. The van der Waals surface area contributed by atoms with Crippen molar-refractivity contribution >= 4 is 86.6 Å². The second-order valence-corrected chi connectivity index (χ2v) is 21.7. The van der Waals surface area contributed by atoms with E-state index in [0.717, 1.165) is 5.69 Å². The fourth-order valence-electron chi connectivity index (χ4n) is 11.8. The average molecular weight is 918 g/mol. The Morgan fingerprint density at radius 2 is 1.00 bits per heavy atom. The molecule has 2 unspecified atom stereocenters. The molecule has 328 valence electrons. The van der Waals surface area contributed by atoms with E-state index in [1.165, 1.54) is 141 Å². The molecule has 0 N–H and O–H groups in total. The van der Waals surface area contributed by atoms with Crippen molar-refractivity contribution in [1.29, 1.82) is 0 Å². The maximum atomic E-state index is 2.49. The number of nitrogens with zero attached hydrogens (tertiary/aromatic N) is 1. The van der Waals surface area contributed by atoms with Gasteiger partial charge in [0.1, 0.15) is 0 Å². The third-order valence-electron chi connectivity index (χ3n) is 14.9. The van der Waals surface area contributed by atoms with E-state index in [-0.39, 0.29) is 0 Å². The van der Waals surface area contributed by atoms with Gasteiger partial charge in [-0.1, -0.05) is 156 Å². The van der Waals surface area contributed by atoms with Crippen LogP contribution in [0.4, 0.5) is 0 Å². The lowest BCUT2D eigenvalue weighted by Crippen LogP contribution is -2.08. The molecular weight excluding hydrogens is 871 g/mol. The third-order valence-corrected chi connectivity index (χ3v) is 17.5. The SMILES string of the molecule is CC1=CC2c3cc(C)cc(-c4ccc5c(c4)c4cc(-c6cc(C)cc7c6sc6ccc(C)cc67)ccc4n5-c4ccc(-c5c6ccccc6c(-c6ccccc6)c6ccccc56)cc4)c3SC2C=C1. The monoisotopic (exact) mass is 917 g/mol. The first-order valence-corrected chi connectivity index (χ1v) is 25.8. The van der Waals surface area contributed by atoms with Crippen LogP contribution in [-0.2, 0) is 0 Å². The molecule has 0 saturated carbocycles. The predicted octanol–water partition coefficient (Wildman–Crippen LogP) is 19.1. The quantitative estimate of drug-likeness (QED) is 0.156. The number of aryl methyl sites for hydroxylation is 3. The predicted molar refractivity (Wildman–Crippen MR) is 300 cm³/mol. The molecule has 0 bridgehead atoms.